The number of hydrogen-bond donors (Lipinski definition) is 2. The van der Waals surface area contributed by atoms with Crippen molar-refractivity contribution >= 4 is 17.9 Å². The van der Waals surface area contributed by atoms with Crippen molar-refractivity contribution in [2.45, 2.75) is 32.8 Å². The first-order valence-corrected chi connectivity index (χ1v) is 9.18. The number of benzene rings is 1. The van der Waals surface area contributed by atoms with Gasteiger partial charge in [-0.1, -0.05) is 29.8 Å². The smallest absolute Gasteiger partial charge is 0.152 e. The predicted molar refractivity (Wildman–Crippen MR) is 107 cm³/mol. The lowest BCUT2D eigenvalue weighted by atomic mass is 10.1. The lowest BCUT2D eigenvalue weighted by Crippen LogP contribution is -2.37. The van der Waals surface area contributed by atoms with E-state index in [1.807, 2.05) is 31.2 Å². The number of anilines is 2. The van der Waals surface area contributed by atoms with Crippen LogP contribution in [0, 0.1) is 6.92 Å². The van der Waals surface area contributed by atoms with Gasteiger partial charge in [0.05, 0.1) is 25.0 Å². The second kappa shape index (κ2) is 8.45. The third kappa shape index (κ3) is 6.01. The predicted octanol–water partition coefficient (Wildman–Crippen LogP) is 2.38. The Kier molecular flexibility index (Phi) is 6.03. The average Bonchev–Trinajstić information content (AvgIpc) is 2.61. The van der Waals surface area contributed by atoms with Crippen molar-refractivity contribution in [1.82, 2.24) is 9.97 Å². The van der Waals surface area contributed by atoms with Crippen LogP contribution in [0.5, 0.6) is 0 Å². The largest absolute Gasteiger partial charge is 0.390 e. The number of nitrogens with zero attached hydrogens (tertiary/aromatic N) is 4. The van der Waals surface area contributed by atoms with Crippen LogP contribution < -0.4 is 10.3 Å². The number of aromatic nitrogens is 2. The van der Waals surface area contributed by atoms with Gasteiger partial charge in [-0.25, -0.2) is 9.97 Å². The fourth-order valence-corrected chi connectivity index (χ4v) is 2.88. The summed E-state index contributed by atoms with van der Waals surface area (Å²) in [5, 5.41) is 14.5. The zero-order valence-electron chi connectivity index (χ0n) is 16.1. The Morgan fingerprint density at radius 2 is 2.04 bits per heavy atom. The van der Waals surface area contributed by atoms with Crippen LogP contribution in [0.25, 0.3) is 0 Å². The Bertz CT molecular complexity index is 795. The minimum Gasteiger partial charge on any atom is -0.390 e. The molecule has 7 heteroatoms. The summed E-state index contributed by atoms with van der Waals surface area (Å²) in [6.07, 6.45) is 2.13. The summed E-state index contributed by atoms with van der Waals surface area (Å²) in [5.74, 6) is 2.01. The number of hydrazone groups is 1. The molecule has 0 unspecified atom stereocenters. The molecule has 1 aliphatic rings. The molecule has 1 aliphatic heterocycles. The molecule has 0 amide bonds. The van der Waals surface area contributed by atoms with Gasteiger partial charge >= 0.3 is 0 Å². The fourth-order valence-electron chi connectivity index (χ4n) is 2.88. The molecule has 1 saturated heterocycles. The van der Waals surface area contributed by atoms with Crippen LogP contribution in [-0.4, -0.2) is 53.2 Å². The van der Waals surface area contributed by atoms with Crippen LogP contribution in [0.2, 0.25) is 0 Å². The van der Waals surface area contributed by atoms with Crippen molar-refractivity contribution in [2.24, 2.45) is 5.10 Å². The van der Waals surface area contributed by atoms with E-state index in [9.17, 15) is 5.11 Å². The topological polar surface area (TPSA) is 82.9 Å². The van der Waals surface area contributed by atoms with Gasteiger partial charge < -0.3 is 14.7 Å². The minimum atomic E-state index is -0.883. The van der Waals surface area contributed by atoms with E-state index in [0.717, 1.165) is 24.5 Å². The molecule has 0 bridgehead atoms. The molecule has 27 heavy (non-hydrogen) atoms. The van der Waals surface area contributed by atoms with Gasteiger partial charge in [-0.2, -0.15) is 5.10 Å². The summed E-state index contributed by atoms with van der Waals surface area (Å²) >= 11 is 0. The zero-order chi connectivity index (χ0) is 19.3. The van der Waals surface area contributed by atoms with Crippen molar-refractivity contribution in [1.29, 1.82) is 0 Å². The molecule has 0 radical (unpaired) electrons. The van der Waals surface area contributed by atoms with Gasteiger partial charge in [0.15, 0.2) is 5.82 Å². The van der Waals surface area contributed by atoms with Crippen LogP contribution >= 0.6 is 0 Å². The van der Waals surface area contributed by atoms with Gasteiger partial charge in [-0.15, -0.1) is 0 Å². The number of rotatable bonds is 6. The number of aryl methyl sites for hydroxylation is 1. The first-order chi connectivity index (χ1) is 12.9. The molecule has 1 aromatic heterocycles. The van der Waals surface area contributed by atoms with E-state index < -0.39 is 5.60 Å². The van der Waals surface area contributed by atoms with Gasteiger partial charge in [0, 0.05) is 25.6 Å². The van der Waals surface area contributed by atoms with Crippen LogP contribution in [0.15, 0.2) is 35.4 Å². The summed E-state index contributed by atoms with van der Waals surface area (Å²) in [6.45, 7) is 8.47. The van der Waals surface area contributed by atoms with Gasteiger partial charge in [0.25, 0.3) is 0 Å². The Morgan fingerprint density at radius 3 is 2.74 bits per heavy atom. The molecular weight excluding hydrogens is 342 g/mol. The van der Waals surface area contributed by atoms with Gasteiger partial charge in [0.1, 0.15) is 11.6 Å². The van der Waals surface area contributed by atoms with Crippen LogP contribution in [0.1, 0.15) is 30.8 Å². The van der Waals surface area contributed by atoms with Crippen molar-refractivity contribution < 1.29 is 9.84 Å². The molecule has 0 atom stereocenters. The third-order valence-electron chi connectivity index (χ3n) is 4.12. The van der Waals surface area contributed by atoms with E-state index in [1.54, 1.807) is 20.1 Å². The van der Waals surface area contributed by atoms with Crippen LogP contribution in [0.3, 0.4) is 0 Å². The summed E-state index contributed by atoms with van der Waals surface area (Å²) in [6, 6.07) is 9.99. The standard InChI is InChI=1S/C20H27N5O2/c1-15-5-4-6-16(11-15)14-21-24-17-12-19(25-7-9-27-10-8-25)23-18(22-17)13-20(2,3)26/h4-6,11-12,14,26H,7-10,13H2,1-3H3,(H,22,23,24). The molecule has 1 fully saturated rings. The molecule has 0 aliphatic carbocycles. The van der Waals surface area contributed by atoms with E-state index in [1.165, 1.54) is 5.56 Å². The molecule has 0 spiro atoms. The highest BCUT2D eigenvalue weighted by Crippen LogP contribution is 2.20. The van der Waals surface area contributed by atoms with E-state index in [-0.39, 0.29) is 0 Å². The molecule has 144 valence electrons. The quantitative estimate of drug-likeness (QED) is 0.601. The molecule has 2 heterocycles. The van der Waals surface area contributed by atoms with E-state index in [4.69, 9.17) is 4.74 Å². The molecule has 3 rings (SSSR count). The van der Waals surface area contributed by atoms with Gasteiger partial charge in [-0.3, -0.25) is 5.43 Å². The highest BCUT2D eigenvalue weighted by molar-refractivity contribution is 5.80. The SMILES string of the molecule is Cc1cccc(C=NNc2cc(N3CCOCC3)nc(CC(C)(C)O)n2)c1. The summed E-state index contributed by atoms with van der Waals surface area (Å²) in [5.41, 5.74) is 4.31. The second-order valence-electron chi connectivity index (χ2n) is 7.40. The minimum absolute atomic E-state index is 0.363. The maximum atomic E-state index is 10.2. The summed E-state index contributed by atoms with van der Waals surface area (Å²) < 4.78 is 5.42. The van der Waals surface area contributed by atoms with Crippen LogP contribution in [-0.2, 0) is 11.2 Å². The first kappa shape index (κ1) is 19.3. The fraction of sp³-hybridized carbons (Fsp3) is 0.450. The Hall–Kier alpha value is -2.51. The lowest BCUT2D eigenvalue weighted by molar-refractivity contribution is 0.0788. The number of ether oxygens (including phenoxy) is 1. The Balaban J connectivity index is 1.80. The van der Waals surface area contributed by atoms with Crippen molar-refractivity contribution in [3.8, 4) is 0 Å². The van der Waals surface area contributed by atoms with E-state index in [0.29, 0.717) is 31.3 Å². The van der Waals surface area contributed by atoms with Gasteiger partial charge in [-0.05, 0) is 26.3 Å². The average molecular weight is 369 g/mol. The molecule has 2 aromatic rings. The van der Waals surface area contributed by atoms with Gasteiger partial charge in [0.2, 0.25) is 0 Å². The Labute approximate surface area is 160 Å². The number of nitrogens with one attached hydrogen (secondary N) is 1. The van der Waals surface area contributed by atoms with Crippen molar-refractivity contribution in [2.75, 3.05) is 36.6 Å². The summed E-state index contributed by atoms with van der Waals surface area (Å²) in [4.78, 5) is 11.3. The summed E-state index contributed by atoms with van der Waals surface area (Å²) in [7, 11) is 0. The molecule has 0 saturated carbocycles. The van der Waals surface area contributed by atoms with E-state index >= 15 is 0 Å². The monoisotopic (exact) mass is 369 g/mol. The first-order valence-electron chi connectivity index (χ1n) is 9.18. The maximum absolute atomic E-state index is 10.2. The maximum Gasteiger partial charge on any atom is 0.152 e. The Morgan fingerprint density at radius 1 is 1.26 bits per heavy atom. The van der Waals surface area contributed by atoms with Crippen LogP contribution in [0.4, 0.5) is 11.6 Å². The third-order valence-corrected chi connectivity index (χ3v) is 4.12. The highest BCUT2D eigenvalue weighted by atomic mass is 16.5. The molecule has 7 nitrogen and oxygen atoms in total. The molecule has 2 N–H and O–H groups in total. The van der Waals surface area contributed by atoms with E-state index in [2.05, 4.69) is 31.5 Å². The second-order valence-corrected chi connectivity index (χ2v) is 7.40. The normalized spacial score (nSPS) is 15.3. The van der Waals surface area contributed by atoms with Crippen molar-refractivity contribution in [3.63, 3.8) is 0 Å². The van der Waals surface area contributed by atoms with Crippen molar-refractivity contribution in [3.05, 3.63) is 47.3 Å². The lowest BCUT2D eigenvalue weighted by Gasteiger charge is -2.28. The molecule has 1 aromatic carbocycles. The number of hydrogen-bond acceptors (Lipinski definition) is 7. The highest BCUT2D eigenvalue weighted by Gasteiger charge is 2.19. The number of morpholine rings is 1. The zero-order valence-corrected chi connectivity index (χ0v) is 16.1. The molecular formula is C20H27N5O2. The number of aliphatic hydroxyl groups is 1.